The van der Waals surface area contributed by atoms with Crippen LogP contribution in [0.25, 0.3) is 0 Å². The first kappa shape index (κ1) is 19.6. The van der Waals surface area contributed by atoms with Crippen LogP contribution in [0.15, 0.2) is 36.5 Å². The summed E-state index contributed by atoms with van der Waals surface area (Å²) in [6.07, 6.45) is -4.61. The molecule has 0 saturated heterocycles. The van der Waals surface area contributed by atoms with E-state index in [-0.39, 0.29) is 34.7 Å². The summed E-state index contributed by atoms with van der Waals surface area (Å²) in [5, 5.41) is 12.1. The Bertz CT molecular complexity index is 875. The van der Waals surface area contributed by atoms with Gasteiger partial charge in [-0.3, -0.25) is 9.78 Å². The molecule has 27 heavy (non-hydrogen) atoms. The fourth-order valence-electron chi connectivity index (χ4n) is 3.14. The first-order valence-electron chi connectivity index (χ1n) is 8.09. The van der Waals surface area contributed by atoms with Gasteiger partial charge in [0.15, 0.2) is 0 Å². The summed E-state index contributed by atoms with van der Waals surface area (Å²) in [6, 6.07) is 5.92. The third kappa shape index (κ3) is 3.77. The van der Waals surface area contributed by atoms with Gasteiger partial charge in [0.2, 0.25) is 5.67 Å². The lowest BCUT2D eigenvalue weighted by Gasteiger charge is -2.32. The third-order valence-corrected chi connectivity index (χ3v) is 4.76. The molecule has 0 aliphatic heterocycles. The number of aliphatic hydroxyl groups is 1. The van der Waals surface area contributed by atoms with Gasteiger partial charge < -0.3 is 10.4 Å². The molecule has 0 saturated carbocycles. The van der Waals surface area contributed by atoms with Crippen molar-refractivity contribution in [1.82, 2.24) is 10.3 Å². The number of amides is 1. The second-order valence-corrected chi connectivity index (χ2v) is 6.71. The van der Waals surface area contributed by atoms with Crippen molar-refractivity contribution in [1.29, 1.82) is 0 Å². The highest BCUT2D eigenvalue weighted by molar-refractivity contribution is 6.30. The second kappa shape index (κ2) is 7.09. The molecule has 2 aromatic rings. The molecule has 0 spiro atoms. The van der Waals surface area contributed by atoms with Crippen LogP contribution < -0.4 is 5.32 Å². The van der Waals surface area contributed by atoms with Crippen molar-refractivity contribution in [2.75, 3.05) is 0 Å². The number of hydrogen-bond acceptors (Lipinski definition) is 3. The number of alkyl halides is 4. The van der Waals surface area contributed by atoms with Gasteiger partial charge in [-0.05, 0) is 36.6 Å². The quantitative estimate of drug-likeness (QED) is 0.761. The number of carbonyl (C=O) groups excluding carboxylic acids is 1. The zero-order valence-electron chi connectivity index (χ0n) is 13.9. The topological polar surface area (TPSA) is 62.2 Å². The van der Waals surface area contributed by atoms with Crippen molar-refractivity contribution in [2.45, 2.75) is 37.3 Å². The Balaban J connectivity index is 1.85. The average Bonchev–Trinajstić information content (AvgIpc) is 2.63. The van der Waals surface area contributed by atoms with E-state index in [1.54, 1.807) is 0 Å². The molecule has 1 aromatic carbocycles. The molecule has 1 heterocycles. The SMILES string of the molecule is O=C(NCc1ccc(Cl)cc1C(F)(F)F)[C@]1(F)CC[C@H](O)c2ncccc21. The van der Waals surface area contributed by atoms with E-state index in [4.69, 9.17) is 11.6 Å². The monoisotopic (exact) mass is 402 g/mol. The van der Waals surface area contributed by atoms with Crippen LogP contribution in [0.1, 0.15) is 41.3 Å². The first-order valence-corrected chi connectivity index (χ1v) is 8.47. The summed E-state index contributed by atoms with van der Waals surface area (Å²) in [7, 11) is 0. The maximum absolute atomic E-state index is 15.4. The normalized spacial score (nSPS) is 22.2. The molecule has 0 unspecified atom stereocenters. The molecule has 4 nitrogen and oxygen atoms in total. The van der Waals surface area contributed by atoms with Gasteiger partial charge in [-0.1, -0.05) is 23.7 Å². The van der Waals surface area contributed by atoms with E-state index in [1.165, 1.54) is 24.4 Å². The Kier molecular flexibility index (Phi) is 5.14. The fourth-order valence-corrected chi connectivity index (χ4v) is 3.32. The predicted octanol–water partition coefficient (Wildman–Crippen LogP) is 4.06. The molecule has 1 amide bonds. The average molecular weight is 403 g/mol. The van der Waals surface area contributed by atoms with Crippen LogP contribution in [-0.2, 0) is 23.2 Å². The van der Waals surface area contributed by atoms with Crippen molar-refractivity contribution in [3.05, 3.63) is 63.9 Å². The number of rotatable bonds is 3. The standard InChI is InChI=1S/C18H15ClF4N2O2/c19-11-4-3-10(13(8-11)18(21,22)23)9-25-16(27)17(20)6-5-14(26)15-12(17)2-1-7-24-15/h1-4,7-8,14,26H,5-6,9H2,(H,25,27)/t14-,17-/m0/s1. The number of pyridine rings is 1. The number of aliphatic hydroxyl groups excluding tert-OH is 1. The minimum Gasteiger partial charge on any atom is -0.387 e. The van der Waals surface area contributed by atoms with Crippen LogP contribution >= 0.6 is 11.6 Å². The molecule has 0 radical (unpaired) electrons. The van der Waals surface area contributed by atoms with E-state index in [2.05, 4.69) is 10.3 Å². The number of nitrogens with one attached hydrogen (secondary N) is 1. The van der Waals surface area contributed by atoms with Crippen LogP contribution in [0.5, 0.6) is 0 Å². The smallest absolute Gasteiger partial charge is 0.387 e. The fraction of sp³-hybridized carbons (Fsp3) is 0.333. The molecular weight excluding hydrogens is 388 g/mol. The van der Waals surface area contributed by atoms with Crippen LogP contribution in [0.3, 0.4) is 0 Å². The minimum atomic E-state index is -4.66. The zero-order chi connectivity index (χ0) is 19.8. The lowest BCUT2D eigenvalue weighted by atomic mass is 9.81. The highest BCUT2D eigenvalue weighted by Gasteiger charge is 2.46. The Labute approximate surface area is 157 Å². The Morgan fingerprint density at radius 3 is 2.81 bits per heavy atom. The highest BCUT2D eigenvalue weighted by Crippen LogP contribution is 2.42. The van der Waals surface area contributed by atoms with Crippen LogP contribution in [0.2, 0.25) is 5.02 Å². The molecule has 9 heteroatoms. The molecule has 0 fully saturated rings. The van der Waals surface area contributed by atoms with E-state index in [0.29, 0.717) is 0 Å². The van der Waals surface area contributed by atoms with E-state index in [9.17, 15) is 23.1 Å². The maximum atomic E-state index is 15.4. The number of hydrogen-bond donors (Lipinski definition) is 2. The van der Waals surface area contributed by atoms with Crippen molar-refractivity contribution < 1.29 is 27.5 Å². The Morgan fingerprint density at radius 2 is 2.11 bits per heavy atom. The molecule has 1 aromatic heterocycles. The van der Waals surface area contributed by atoms with Crippen molar-refractivity contribution >= 4 is 17.5 Å². The van der Waals surface area contributed by atoms with Gasteiger partial charge in [-0.15, -0.1) is 0 Å². The number of nitrogens with zero attached hydrogens (tertiary/aromatic N) is 1. The van der Waals surface area contributed by atoms with Gasteiger partial charge in [0, 0.05) is 23.3 Å². The third-order valence-electron chi connectivity index (χ3n) is 4.52. The minimum absolute atomic E-state index is 0.0251. The lowest BCUT2D eigenvalue weighted by molar-refractivity contribution is -0.139. The molecule has 2 atom stereocenters. The number of benzene rings is 1. The predicted molar refractivity (Wildman–Crippen MR) is 89.5 cm³/mol. The number of fused-ring (bicyclic) bond motifs is 1. The lowest BCUT2D eigenvalue weighted by Crippen LogP contribution is -2.44. The summed E-state index contributed by atoms with van der Waals surface area (Å²) in [6.45, 7) is -0.519. The molecular formula is C18H15ClF4N2O2. The number of aromatic nitrogens is 1. The van der Waals surface area contributed by atoms with Gasteiger partial charge >= 0.3 is 6.18 Å². The largest absolute Gasteiger partial charge is 0.416 e. The maximum Gasteiger partial charge on any atom is 0.416 e. The van der Waals surface area contributed by atoms with E-state index < -0.39 is 36.0 Å². The molecule has 1 aliphatic carbocycles. The Hall–Kier alpha value is -2.19. The van der Waals surface area contributed by atoms with Crippen LogP contribution in [0.4, 0.5) is 17.6 Å². The van der Waals surface area contributed by atoms with Crippen molar-refractivity contribution in [3.63, 3.8) is 0 Å². The van der Waals surface area contributed by atoms with Gasteiger partial charge in [0.05, 0.1) is 17.4 Å². The van der Waals surface area contributed by atoms with Crippen molar-refractivity contribution in [3.8, 4) is 0 Å². The molecule has 3 rings (SSSR count). The van der Waals surface area contributed by atoms with Gasteiger partial charge in [-0.25, -0.2) is 4.39 Å². The molecule has 2 N–H and O–H groups in total. The summed E-state index contributed by atoms with van der Waals surface area (Å²) in [4.78, 5) is 16.4. The molecule has 0 bridgehead atoms. The summed E-state index contributed by atoms with van der Waals surface area (Å²) >= 11 is 5.62. The van der Waals surface area contributed by atoms with Crippen LogP contribution in [-0.4, -0.2) is 16.0 Å². The number of carbonyl (C=O) groups is 1. The van der Waals surface area contributed by atoms with E-state index in [0.717, 1.165) is 12.1 Å². The van der Waals surface area contributed by atoms with Gasteiger partial charge in [0.25, 0.3) is 5.91 Å². The molecule has 1 aliphatic rings. The summed E-state index contributed by atoms with van der Waals surface area (Å²) in [5.41, 5.74) is -3.72. The zero-order valence-corrected chi connectivity index (χ0v) is 14.6. The first-order chi connectivity index (χ1) is 12.6. The van der Waals surface area contributed by atoms with E-state index >= 15 is 4.39 Å². The Morgan fingerprint density at radius 1 is 1.37 bits per heavy atom. The van der Waals surface area contributed by atoms with Crippen molar-refractivity contribution in [2.24, 2.45) is 0 Å². The molecule has 144 valence electrons. The van der Waals surface area contributed by atoms with Gasteiger partial charge in [0.1, 0.15) is 0 Å². The highest BCUT2D eigenvalue weighted by atomic mass is 35.5. The second-order valence-electron chi connectivity index (χ2n) is 6.27. The van der Waals surface area contributed by atoms with Crippen LogP contribution in [0, 0.1) is 0 Å². The van der Waals surface area contributed by atoms with E-state index in [1.807, 2.05) is 0 Å². The van der Waals surface area contributed by atoms with Gasteiger partial charge in [-0.2, -0.15) is 13.2 Å². The summed E-state index contributed by atoms with van der Waals surface area (Å²) < 4.78 is 54.9. The number of halogens is 5. The summed E-state index contributed by atoms with van der Waals surface area (Å²) in [5.74, 6) is -1.08.